The second-order valence-electron chi connectivity index (χ2n) is 5.24. The number of rotatable bonds is 6. The summed E-state index contributed by atoms with van der Waals surface area (Å²) in [5.74, 6) is -1.35. The maximum Gasteiger partial charge on any atom is 0.234 e. The van der Waals surface area contributed by atoms with E-state index in [1.54, 1.807) is 6.08 Å². The summed E-state index contributed by atoms with van der Waals surface area (Å²) in [6.07, 6.45) is 3.67. The first-order valence-electron chi connectivity index (χ1n) is 7.63. The van der Waals surface area contributed by atoms with Gasteiger partial charge in [0.15, 0.2) is 0 Å². The third kappa shape index (κ3) is 5.25. The maximum absolute atomic E-state index is 13.1. The van der Waals surface area contributed by atoms with E-state index in [1.807, 2.05) is 36.4 Å². The molecule has 0 aliphatic carbocycles. The van der Waals surface area contributed by atoms with E-state index in [1.165, 1.54) is 0 Å². The molecule has 3 rings (SSSR count). The Morgan fingerprint density at radius 1 is 1.12 bits per heavy atom. The molecule has 0 unspecified atom stereocenters. The van der Waals surface area contributed by atoms with Gasteiger partial charge < -0.3 is 5.32 Å². The molecule has 0 aliphatic heterocycles. The van der Waals surface area contributed by atoms with Crippen molar-refractivity contribution in [3.05, 3.63) is 71.6 Å². The summed E-state index contributed by atoms with van der Waals surface area (Å²) in [6.45, 7) is 0. The molecule has 8 heteroatoms. The van der Waals surface area contributed by atoms with E-state index in [2.05, 4.69) is 20.5 Å². The molecule has 2 aromatic carbocycles. The lowest BCUT2D eigenvalue weighted by Gasteiger charge is -2.04. The van der Waals surface area contributed by atoms with Crippen LogP contribution in [0.2, 0.25) is 0 Å². The molecule has 5 nitrogen and oxygen atoms in total. The Kier molecular flexibility index (Phi) is 5.75. The number of hydrogen-bond donors (Lipinski definition) is 2. The number of H-pyrrole nitrogens is 1. The Hall–Kier alpha value is -3.00. The number of nitrogens with zero attached hydrogens (tertiary/aromatic N) is 2. The van der Waals surface area contributed by atoms with Crippen LogP contribution in [0.25, 0.3) is 12.2 Å². The minimum Gasteiger partial charge on any atom is -0.325 e. The predicted molar refractivity (Wildman–Crippen MR) is 97.5 cm³/mol. The molecule has 3 aromatic rings. The van der Waals surface area contributed by atoms with E-state index in [0.717, 1.165) is 35.5 Å². The van der Waals surface area contributed by atoms with Crippen LogP contribution in [-0.2, 0) is 4.79 Å². The number of carbonyl (C=O) groups is 1. The van der Waals surface area contributed by atoms with Crippen LogP contribution in [0, 0.1) is 11.6 Å². The smallest absolute Gasteiger partial charge is 0.234 e. The number of hydrogen-bond acceptors (Lipinski definition) is 4. The van der Waals surface area contributed by atoms with E-state index in [9.17, 15) is 13.6 Å². The monoisotopic (exact) mass is 372 g/mol. The van der Waals surface area contributed by atoms with E-state index in [0.29, 0.717) is 11.0 Å². The van der Waals surface area contributed by atoms with Gasteiger partial charge in [0, 0.05) is 11.8 Å². The van der Waals surface area contributed by atoms with Gasteiger partial charge in [0.05, 0.1) is 5.75 Å². The quantitative estimate of drug-likeness (QED) is 0.642. The summed E-state index contributed by atoms with van der Waals surface area (Å²) >= 11 is 1.11. The lowest BCUT2D eigenvalue weighted by atomic mass is 10.2. The highest BCUT2D eigenvalue weighted by Gasteiger charge is 2.09. The lowest BCUT2D eigenvalue weighted by Crippen LogP contribution is -2.14. The highest BCUT2D eigenvalue weighted by atomic mass is 32.2. The van der Waals surface area contributed by atoms with Gasteiger partial charge in [0.25, 0.3) is 0 Å². The highest BCUT2D eigenvalue weighted by Crippen LogP contribution is 2.16. The summed E-state index contributed by atoms with van der Waals surface area (Å²) in [6, 6.07) is 12.6. The van der Waals surface area contributed by atoms with Crippen molar-refractivity contribution in [3.63, 3.8) is 0 Å². The minimum absolute atomic E-state index is 0.0117. The fourth-order valence-corrected chi connectivity index (χ4v) is 2.70. The second-order valence-corrected chi connectivity index (χ2v) is 6.18. The molecule has 1 heterocycles. The third-order valence-corrected chi connectivity index (χ3v) is 4.04. The molecule has 1 aromatic heterocycles. The Bertz CT molecular complexity index is 908. The van der Waals surface area contributed by atoms with Crippen LogP contribution in [0.1, 0.15) is 11.4 Å². The number of nitrogens with one attached hydrogen (secondary N) is 2. The second kappa shape index (κ2) is 8.39. The summed E-state index contributed by atoms with van der Waals surface area (Å²) in [5.41, 5.74) is 1.09. The van der Waals surface area contributed by atoms with Crippen molar-refractivity contribution in [2.75, 3.05) is 11.1 Å². The number of anilines is 1. The van der Waals surface area contributed by atoms with Gasteiger partial charge in [0.1, 0.15) is 17.5 Å². The molecule has 132 valence electrons. The summed E-state index contributed by atoms with van der Waals surface area (Å²) in [5, 5.41) is 9.61. The fraction of sp³-hybridized carbons (Fsp3) is 0.0556. The Morgan fingerprint density at radius 2 is 1.85 bits per heavy atom. The van der Waals surface area contributed by atoms with Crippen molar-refractivity contribution in [2.24, 2.45) is 0 Å². The van der Waals surface area contributed by atoms with Crippen LogP contribution in [0.15, 0.2) is 53.7 Å². The molecule has 0 aliphatic rings. The van der Waals surface area contributed by atoms with Gasteiger partial charge in [-0.3, -0.25) is 9.89 Å². The predicted octanol–water partition coefficient (Wildman–Crippen LogP) is 3.98. The van der Waals surface area contributed by atoms with Crippen LogP contribution in [0.5, 0.6) is 0 Å². The van der Waals surface area contributed by atoms with Crippen molar-refractivity contribution in [1.29, 1.82) is 0 Å². The van der Waals surface area contributed by atoms with E-state index >= 15 is 0 Å². The molecular weight excluding hydrogens is 358 g/mol. The van der Waals surface area contributed by atoms with E-state index in [4.69, 9.17) is 0 Å². The van der Waals surface area contributed by atoms with Crippen LogP contribution in [0.3, 0.4) is 0 Å². The molecule has 0 bridgehead atoms. The molecule has 0 saturated heterocycles. The Balaban J connectivity index is 1.53. The van der Waals surface area contributed by atoms with Gasteiger partial charge in [-0.15, -0.1) is 5.10 Å². The van der Waals surface area contributed by atoms with Crippen molar-refractivity contribution in [2.45, 2.75) is 5.16 Å². The number of amides is 1. The van der Waals surface area contributed by atoms with Gasteiger partial charge in [-0.05, 0) is 23.8 Å². The molecule has 0 saturated carbocycles. The van der Waals surface area contributed by atoms with Crippen LogP contribution in [0.4, 0.5) is 14.5 Å². The van der Waals surface area contributed by atoms with Gasteiger partial charge in [-0.2, -0.15) is 0 Å². The molecule has 0 spiro atoms. The van der Waals surface area contributed by atoms with Crippen molar-refractivity contribution >= 4 is 35.5 Å². The van der Waals surface area contributed by atoms with Crippen molar-refractivity contribution in [3.8, 4) is 0 Å². The lowest BCUT2D eigenvalue weighted by molar-refractivity contribution is -0.113. The molecular formula is C18H14F2N4OS. The summed E-state index contributed by atoms with van der Waals surface area (Å²) in [4.78, 5) is 16.1. The zero-order valence-electron chi connectivity index (χ0n) is 13.4. The van der Waals surface area contributed by atoms with Crippen LogP contribution in [-0.4, -0.2) is 26.8 Å². The standard InChI is InChI=1S/C18H14F2N4OS/c19-13-8-14(20)10-15(9-13)21-17(25)11-26-18-22-16(23-24-18)7-6-12-4-2-1-3-5-12/h1-10H,11H2,(H,21,25)(H,22,23,24)/b7-6+. The number of benzene rings is 2. The largest absolute Gasteiger partial charge is 0.325 e. The molecule has 1 amide bonds. The van der Waals surface area contributed by atoms with Gasteiger partial charge in [-0.1, -0.05) is 48.2 Å². The maximum atomic E-state index is 13.1. The third-order valence-electron chi connectivity index (χ3n) is 3.19. The SMILES string of the molecule is O=C(CSc1n[nH]c(/C=C/c2ccccc2)n1)Nc1cc(F)cc(F)c1. The molecule has 26 heavy (non-hydrogen) atoms. The Labute approximate surface area is 152 Å². The number of carbonyl (C=O) groups excluding carboxylic acids is 1. The van der Waals surface area contributed by atoms with Gasteiger partial charge >= 0.3 is 0 Å². The first-order chi connectivity index (χ1) is 12.6. The van der Waals surface area contributed by atoms with Crippen molar-refractivity contribution < 1.29 is 13.6 Å². The van der Waals surface area contributed by atoms with Crippen LogP contribution >= 0.6 is 11.8 Å². The normalized spacial score (nSPS) is 11.0. The van der Waals surface area contributed by atoms with Gasteiger partial charge in [-0.25, -0.2) is 13.8 Å². The molecule has 0 fully saturated rings. The topological polar surface area (TPSA) is 70.7 Å². The van der Waals surface area contributed by atoms with Gasteiger partial charge in [0.2, 0.25) is 11.1 Å². The first kappa shape index (κ1) is 17.8. The zero-order valence-corrected chi connectivity index (χ0v) is 14.3. The minimum atomic E-state index is -0.753. The number of aromatic amines is 1. The number of thioether (sulfide) groups is 1. The number of aromatic nitrogens is 3. The average molecular weight is 372 g/mol. The summed E-state index contributed by atoms with van der Waals surface area (Å²) < 4.78 is 26.2. The van der Waals surface area contributed by atoms with Crippen LogP contribution < -0.4 is 5.32 Å². The van der Waals surface area contributed by atoms with E-state index in [-0.39, 0.29) is 11.4 Å². The zero-order chi connectivity index (χ0) is 18.4. The fourth-order valence-electron chi connectivity index (χ4n) is 2.09. The molecule has 2 N–H and O–H groups in total. The average Bonchev–Trinajstić information content (AvgIpc) is 3.06. The van der Waals surface area contributed by atoms with Crippen molar-refractivity contribution in [1.82, 2.24) is 15.2 Å². The highest BCUT2D eigenvalue weighted by molar-refractivity contribution is 7.99. The number of halogens is 2. The first-order valence-corrected chi connectivity index (χ1v) is 8.61. The molecule has 0 atom stereocenters. The van der Waals surface area contributed by atoms with E-state index < -0.39 is 17.5 Å². The summed E-state index contributed by atoms with van der Waals surface area (Å²) in [7, 11) is 0. The molecule has 0 radical (unpaired) electrons. The Morgan fingerprint density at radius 3 is 2.58 bits per heavy atom.